The van der Waals surface area contributed by atoms with Crippen LogP contribution in [0.25, 0.3) is 0 Å². The van der Waals surface area contributed by atoms with Gasteiger partial charge in [-0.25, -0.2) is 0 Å². The van der Waals surface area contributed by atoms with Gasteiger partial charge in [-0.1, -0.05) is 6.42 Å². The van der Waals surface area contributed by atoms with Crippen molar-refractivity contribution >= 4 is 0 Å². The maximum absolute atomic E-state index is 5.35. The molecule has 2 heterocycles. The molecule has 4 nitrogen and oxygen atoms in total. The van der Waals surface area contributed by atoms with E-state index in [1.165, 1.54) is 51.9 Å². The van der Waals surface area contributed by atoms with Crippen LogP contribution in [0.4, 0.5) is 0 Å². The Hall–Kier alpha value is -0.160. The first-order chi connectivity index (χ1) is 8.85. The predicted molar refractivity (Wildman–Crippen MR) is 75.0 cm³/mol. The van der Waals surface area contributed by atoms with Gasteiger partial charge in [-0.05, 0) is 39.4 Å². The van der Waals surface area contributed by atoms with Gasteiger partial charge in [0.25, 0.3) is 0 Å². The van der Waals surface area contributed by atoms with Crippen LogP contribution in [0.2, 0.25) is 0 Å². The average Bonchev–Trinajstić information content (AvgIpc) is 2.89. The van der Waals surface area contributed by atoms with E-state index in [0.29, 0.717) is 6.04 Å². The average molecular weight is 255 g/mol. The molecule has 1 N–H and O–H groups in total. The molecule has 18 heavy (non-hydrogen) atoms. The molecule has 0 saturated carbocycles. The highest BCUT2D eigenvalue weighted by molar-refractivity contribution is 4.88. The van der Waals surface area contributed by atoms with Crippen molar-refractivity contribution in [2.24, 2.45) is 0 Å². The first kappa shape index (κ1) is 14.3. The van der Waals surface area contributed by atoms with Crippen LogP contribution in [-0.2, 0) is 4.74 Å². The summed E-state index contributed by atoms with van der Waals surface area (Å²) >= 11 is 0. The second-order valence-electron chi connectivity index (χ2n) is 5.70. The summed E-state index contributed by atoms with van der Waals surface area (Å²) in [5.74, 6) is 0. The molecule has 106 valence electrons. The van der Waals surface area contributed by atoms with Crippen LogP contribution in [0.5, 0.6) is 0 Å². The second kappa shape index (κ2) is 7.43. The van der Waals surface area contributed by atoms with E-state index >= 15 is 0 Å². The van der Waals surface area contributed by atoms with Gasteiger partial charge >= 0.3 is 0 Å². The fraction of sp³-hybridized carbons (Fsp3) is 1.00. The van der Waals surface area contributed by atoms with Crippen LogP contribution < -0.4 is 5.32 Å². The number of likely N-dealkylation sites (tertiary alicyclic amines) is 2. The fourth-order valence-corrected chi connectivity index (χ4v) is 3.40. The molecule has 2 aliphatic rings. The Kier molecular flexibility index (Phi) is 5.89. The molecule has 2 fully saturated rings. The summed E-state index contributed by atoms with van der Waals surface area (Å²) in [5, 5.41) is 3.29. The standard InChI is InChI=1S/C14H29N3O/c1-15-10-14(12-18-2)17-9-6-13(11-17)16-7-4-3-5-8-16/h13-15H,3-12H2,1-2H3. The topological polar surface area (TPSA) is 27.7 Å². The summed E-state index contributed by atoms with van der Waals surface area (Å²) < 4.78 is 5.35. The monoisotopic (exact) mass is 255 g/mol. The highest BCUT2D eigenvalue weighted by Crippen LogP contribution is 2.21. The van der Waals surface area contributed by atoms with Crippen molar-refractivity contribution < 1.29 is 4.74 Å². The molecule has 0 aromatic rings. The number of nitrogens with one attached hydrogen (secondary N) is 1. The molecule has 4 heteroatoms. The van der Waals surface area contributed by atoms with Crippen molar-refractivity contribution in [3.8, 4) is 0 Å². The molecule has 0 spiro atoms. The van der Waals surface area contributed by atoms with Crippen LogP contribution in [0.3, 0.4) is 0 Å². The zero-order chi connectivity index (χ0) is 12.8. The molecule has 2 unspecified atom stereocenters. The molecule has 2 atom stereocenters. The zero-order valence-electron chi connectivity index (χ0n) is 12.0. The van der Waals surface area contributed by atoms with Crippen molar-refractivity contribution in [1.82, 2.24) is 15.1 Å². The van der Waals surface area contributed by atoms with Crippen LogP contribution >= 0.6 is 0 Å². The van der Waals surface area contributed by atoms with Crippen molar-refractivity contribution in [3.05, 3.63) is 0 Å². The van der Waals surface area contributed by atoms with Gasteiger partial charge in [-0.2, -0.15) is 0 Å². The Balaban J connectivity index is 1.81. The number of hydrogen-bond acceptors (Lipinski definition) is 4. The van der Waals surface area contributed by atoms with Crippen LogP contribution in [0.15, 0.2) is 0 Å². The van der Waals surface area contributed by atoms with Crippen LogP contribution in [0, 0.1) is 0 Å². The van der Waals surface area contributed by atoms with Gasteiger partial charge in [-0.3, -0.25) is 9.80 Å². The lowest BCUT2D eigenvalue weighted by Crippen LogP contribution is -2.46. The molecule has 0 radical (unpaired) electrons. The molecule has 0 aromatic heterocycles. The molecule has 2 aliphatic heterocycles. The Bertz CT molecular complexity index is 225. The minimum Gasteiger partial charge on any atom is -0.383 e. The molecular weight excluding hydrogens is 226 g/mol. The third-order valence-corrected chi connectivity index (χ3v) is 4.42. The molecule has 2 rings (SSSR count). The Morgan fingerprint density at radius 1 is 1.22 bits per heavy atom. The number of rotatable bonds is 6. The first-order valence-electron chi connectivity index (χ1n) is 7.46. The van der Waals surface area contributed by atoms with E-state index in [-0.39, 0.29) is 0 Å². The molecule has 0 aromatic carbocycles. The Morgan fingerprint density at radius 3 is 2.67 bits per heavy atom. The smallest absolute Gasteiger partial charge is 0.0630 e. The largest absolute Gasteiger partial charge is 0.383 e. The van der Waals surface area contributed by atoms with E-state index in [9.17, 15) is 0 Å². The van der Waals surface area contributed by atoms with E-state index in [4.69, 9.17) is 4.74 Å². The Morgan fingerprint density at radius 2 is 2.00 bits per heavy atom. The number of methoxy groups -OCH3 is 1. The first-order valence-corrected chi connectivity index (χ1v) is 7.46. The van der Waals surface area contributed by atoms with E-state index in [2.05, 4.69) is 15.1 Å². The molecule has 0 amide bonds. The summed E-state index contributed by atoms with van der Waals surface area (Å²) in [6.45, 7) is 6.97. The number of likely N-dealkylation sites (N-methyl/N-ethyl adjacent to an activating group) is 1. The summed E-state index contributed by atoms with van der Waals surface area (Å²) in [7, 11) is 3.84. The van der Waals surface area contributed by atoms with Gasteiger partial charge in [0.05, 0.1) is 6.61 Å². The van der Waals surface area contributed by atoms with Gasteiger partial charge in [0.15, 0.2) is 0 Å². The fourth-order valence-electron chi connectivity index (χ4n) is 3.40. The number of hydrogen-bond donors (Lipinski definition) is 1. The summed E-state index contributed by atoms with van der Waals surface area (Å²) in [4.78, 5) is 5.33. The molecule has 2 saturated heterocycles. The van der Waals surface area contributed by atoms with Gasteiger partial charge in [0, 0.05) is 38.8 Å². The zero-order valence-corrected chi connectivity index (χ0v) is 12.0. The SMILES string of the molecule is CNCC(COC)N1CCC(N2CCCCC2)C1. The van der Waals surface area contributed by atoms with Crippen molar-refractivity contribution in [2.75, 3.05) is 53.5 Å². The van der Waals surface area contributed by atoms with Gasteiger partial charge in [0.2, 0.25) is 0 Å². The maximum atomic E-state index is 5.35. The van der Waals surface area contributed by atoms with Gasteiger partial charge < -0.3 is 10.1 Å². The minimum absolute atomic E-state index is 0.537. The summed E-state index contributed by atoms with van der Waals surface area (Å²) in [6, 6.07) is 1.33. The van der Waals surface area contributed by atoms with Crippen molar-refractivity contribution in [3.63, 3.8) is 0 Å². The van der Waals surface area contributed by atoms with E-state index < -0.39 is 0 Å². The number of nitrogens with zero attached hydrogens (tertiary/aromatic N) is 2. The highest BCUT2D eigenvalue weighted by atomic mass is 16.5. The highest BCUT2D eigenvalue weighted by Gasteiger charge is 2.31. The normalized spacial score (nSPS) is 28.7. The Labute approximate surface area is 112 Å². The van der Waals surface area contributed by atoms with E-state index in [1.807, 2.05) is 7.05 Å². The lowest BCUT2D eigenvalue weighted by Gasteiger charge is -2.33. The summed E-state index contributed by atoms with van der Waals surface area (Å²) in [5.41, 5.74) is 0. The number of piperidine rings is 1. The molecule has 0 bridgehead atoms. The van der Waals surface area contributed by atoms with E-state index in [0.717, 1.165) is 19.2 Å². The van der Waals surface area contributed by atoms with Gasteiger partial charge in [-0.15, -0.1) is 0 Å². The minimum atomic E-state index is 0.537. The van der Waals surface area contributed by atoms with Crippen LogP contribution in [-0.4, -0.2) is 75.4 Å². The van der Waals surface area contributed by atoms with Crippen LogP contribution in [0.1, 0.15) is 25.7 Å². The molecule has 0 aliphatic carbocycles. The molecular formula is C14H29N3O. The lowest BCUT2D eigenvalue weighted by molar-refractivity contribution is 0.0947. The van der Waals surface area contributed by atoms with Crippen molar-refractivity contribution in [1.29, 1.82) is 0 Å². The second-order valence-corrected chi connectivity index (χ2v) is 5.70. The summed E-state index contributed by atoms with van der Waals surface area (Å²) in [6.07, 6.45) is 5.56. The van der Waals surface area contributed by atoms with E-state index in [1.54, 1.807) is 7.11 Å². The number of ether oxygens (including phenoxy) is 1. The maximum Gasteiger partial charge on any atom is 0.0630 e. The van der Waals surface area contributed by atoms with Gasteiger partial charge in [0.1, 0.15) is 0 Å². The third kappa shape index (κ3) is 3.67. The quantitative estimate of drug-likeness (QED) is 0.759. The predicted octanol–water partition coefficient (Wildman–Crippen LogP) is 0.781. The third-order valence-electron chi connectivity index (χ3n) is 4.42. The lowest BCUT2D eigenvalue weighted by atomic mass is 10.1. The van der Waals surface area contributed by atoms with Crippen molar-refractivity contribution in [2.45, 2.75) is 37.8 Å².